The first-order valence-electron chi connectivity index (χ1n) is 6.11. The van der Waals surface area contributed by atoms with Gasteiger partial charge in [-0.3, -0.25) is 0 Å². The van der Waals surface area contributed by atoms with Gasteiger partial charge in [-0.05, 0) is 18.7 Å². The number of hydrogen-bond acceptors (Lipinski definition) is 3. The van der Waals surface area contributed by atoms with E-state index in [0.29, 0.717) is 0 Å². The number of aromatic nitrogens is 2. The van der Waals surface area contributed by atoms with Gasteiger partial charge in [0.15, 0.2) is 0 Å². The van der Waals surface area contributed by atoms with Gasteiger partial charge in [-0.25, -0.2) is 4.98 Å². The maximum absolute atomic E-state index is 4.34. The number of thiophene rings is 1. The third-order valence-electron chi connectivity index (χ3n) is 2.71. The standard InChI is InChI=1S/C13H19N3S/c1-3-13-15-7-8-16(13)10-12-6-5-11(17-12)9-14-4-2/h5-8,14H,3-4,9-10H2,1-2H3. The number of nitrogens with zero attached hydrogens (tertiary/aromatic N) is 2. The Balaban J connectivity index is 2.01. The number of aryl methyl sites for hydroxylation is 1. The minimum Gasteiger partial charge on any atom is -0.330 e. The van der Waals surface area contributed by atoms with Gasteiger partial charge in [0.2, 0.25) is 0 Å². The van der Waals surface area contributed by atoms with Crippen LogP contribution >= 0.6 is 11.3 Å². The van der Waals surface area contributed by atoms with E-state index in [1.807, 2.05) is 17.5 Å². The lowest BCUT2D eigenvalue weighted by Crippen LogP contribution is -2.10. The first kappa shape index (κ1) is 12.3. The summed E-state index contributed by atoms with van der Waals surface area (Å²) >= 11 is 1.88. The van der Waals surface area contributed by atoms with Crippen molar-refractivity contribution in [1.82, 2.24) is 14.9 Å². The van der Waals surface area contributed by atoms with Crippen LogP contribution in [0.2, 0.25) is 0 Å². The second-order valence-corrected chi connectivity index (χ2v) is 5.23. The van der Waals surface area contributed by atoms with Gasteiger partial charge in [0.05, 0.1) is 6.54 Å². The summed E-state index contributed by atoms with van der Waals surface area (Å²) in [7, 11) is 0. The average molecular weight is 249 g/mol. The van der Waals surface area contributed by atoms with Gasteiger partial charge in [0.1, 0.15) is 5.82 Å². The number of nitrogens with one attached hydrogen (secondary N) is 1. The van der Waals surface area contributed by atoms with Crippen molar-refractivity contribution < 1.29 is 0 Å². The van der Waals surface area contributed by atoms with Gasteiger partial charge in [-0.15, -0.1) is 11.3 Å². The molecule has 4 heteroatoms. The summed E-state index contributed by atoms with van der Waals surface area (Å²) < 4.78 is 2.23. The van der Waals surface area contributed by atoms with Gasteiger partial charge in [0, 0.05) is 35.1 Å². The lowest BCUT2D eigenvalue weighted by molar-refractivity contribution is 0.735. The fraction of sp³-hybridized carbons (Fsp3) is 0.462. The van der Waals surface area contributed by atoms with E-state index >= 15 is 0 Å². The monoisotopic (exact) mass is 249 g/mol. The molecular formula is C13H19N3S. The van der Waals surface area contributed by atoms with E-state index < -0.39 is 0 Å². The normalized spacial score (nSPS) is 10.9. The smallest absolute Gasteiger partial charge is 0.108 e. The number of hydrogen-bond donors (Lipinski definition) is 1. The molecule has 0 radical (unpaired) electrons. The largest absolute Gasteiger partial charge is 0.330 e. The van der Waals surface area contributed by atoms with Crippen molar-refractivity contribution in [1.29, 1.82) is 0 Å². The molecule has 0 saturated carbocycles. The molecule has 0 unspecified atom stereocenters. The van der Waals surface area contributed by atoms with Crippen LogP contribution < -0.4 is 5.32 Å². The van der Waals surface area contributed by atoms with Crippen LogP contribution in [-0.4, -0.2) is 16.1 Å². The summed E-state index contributed by atoms with van der Waals surface area (Å²) in [5.74, 6) is 1.16. The fourth-order valence-corrected chi connectivity index (χ4v) is 2.80. The minimum absolute atomic E-state index is 0.944. The Bertz CT molecular complexity index is 459. The molecule has 0 aromatic carbocycles. The summed E-state index contributed by atoms with van der Waals surface area (Å²) in [5.41, 5.74) is 0. The molecule has 3 nitrogen and oxygen atoms in total. The van der Waals surface area contributed by atoms with Crippen LogP contribution in [0.25, 0.3) is 0 Å². The number of rotatable bonds is 6. The van der Waals surface area contributed by atoms with Crippen molar-refractivity contribution in [2.75, 3.05) is 6.54 Å². The Morgan fingerprint density at radius 3 is 2.88 bits per heavy atom. The minimum atomic E-state index is 0.944. The molecule has 0 aliphatic carbocycles. The molecule has 0 fully saturated rings. The second kappa shape index (κ2) is 5.98. The Morgan fingerprint density at radius 2 is 2.12 bits per heavy atom. The van der Waals surface area contributed by atoms with E-state index in [0.717, 1.165) is 31.9 Å². The van der Waals surface area contributed by atoms with E-state index in [2.05, 4.69) is 47.0 Å². The van der Waals surface area contributed by atoms with E-state index in [-0.39, 0.29) is 0 Å². The molecule has 2 aromatic rings. The molecule has 0 aliphatic heterocycles. The highest BCUT2D eigenvalue weighted by Gasteiger charge is 2.04. The Kier molecular flexibility index (Phi) is 4.34. The predicted octanol–water partition coefficient (Wildman–Crippen LogP) is 2.66. The van der Waals surface area contributed by atoms with Crippen LogP contribution in [-0.2, 0) is 19.5 Å². The SMILES string of the molecule is CCNCc1ccc(Cn2ccnc2CC)s1. The first-order valence-corrected chi connectivity index (χ1v) is 6.93. The topological polar surface area (TPSA) is 29.9 Å². The summed E-state index contributed by atoms with van der Waals surface area (Å²) in [6, 6.07) is 4.43. The maximum Gasteiger partial charge on any atom is 0.108 e. The Morgan fingerprint density at radius 1 is 1.29 bits per heavy atom. The van der Waals surface area contributed by atoms with E-state index in [1.54, 1.807) is 0 Å². The summed E-state index contributed by atoms with van der Waals surface area (Å²) in [6.45, 7) is 7.22. The van der Waals surface area contributed by atoms with Crippen molar-refractivity contribution in [3.8, 4) is 0 Å². The average Bonchev–Trinajstić information content (AvgIpc) is 2.96. The first-order chi connectivity index (χ1) is 8.33. The van der Waals surface area contributed by atoms with Gasteiger partial charge in [0.25, 0.3) is 0 Å². The Hall–Kier alpha value is -1.13. The Labute approximate surface area is 107 Å². The molecule has 0 amide bonds. The zero-order valence-electron chi connectivity index (χ0n) is 10.4. The lowest BCUT2D eigenvalue weighted by Gasteiger charge is -2.03. The van der Waals surface area contributed by atoms with Crippen molar-refractivity contribution in [3.05, 3.63) is 40.1 Å². The molecule has 0 spiro atoms. The number of imidazole rings is 1. The highest BCUT2D eigenvalue weighted by Crippen LogP contribution is 2.18. The van der Waals surface area contributed by atoms with Crippen molar-refractivity contribution in [2.24, 2.45) is 0 Å². The van der Waals surface area contributed by atoms with Crippen LogP contribution in [0.3, 0.4) is 0 Å². The molecule has 92 valence electrons. The molecule has 1 N–H and O–H groups in total. The van der Waals surface area contributed by atoms with Gasteiger partial charge in [-0.2, -0.15) is 0 Å². The van der Waals surface area contributed by atoms with Gasteiger partial charge >= 0.3 is 0 Å². The third kappa shape index (κ3) is 3.17. The summed E-state index contributed by atoms with van der Waals surface area (Å²) in [4.78, 5) is 7.14. The quantitative estimate of drug-likeness (QED) is 0.853. The lowest BCUT2D eigenvalue weighted by atomic mass is 10.4. The van der Waals surface area contributed by atoms with E-state index in [4.69, 9.17) is 0 Å². The van der Waals surface area contributed by atoms with Gasteiger partial charge in [-0.1, -0.05) is 13.8 Å². The highest BCUT2D eigenvalue weighted by atomic mass is 32.1. The van der Waals surface area contributed by atoms with Crippen molar-refractivity contribution in [3.63, 3.8) is 0 Å². The van der Waals surface area contributed by atoms with E-state index in [1.165, 1.54) is 9.75 Å². The molecule has 0 aliphatic rings. The second-order valence-electron chi connectivity index (χ2n) is 3.97. The summed E-state index contributed by atoms with van der Waals surface area (Å²) in [6.07, 6.45) is 4.93. The van der Waals surface area contributed by atoms with Crippen LogP contribution in [0, 0.1) is 0 Å². The zero-order valence-corrected chi connectivity index (χ0v) is 11.3. The molecular weight excluding hydrogens is 230 g/mol. The van der Waals surface area contributed by atoms with E-state index in [9.17, 15) is 0 Å². The van der Waals surface area contributed by atoms with Crippen molar-refractivity contribution >= 4 is 11.3 Å². The molecule has 2 rings (SSSR count). The zero-order chi connectivity index (χ0) is 12.1. The molecule has 17 heavy (non-hydrogen) atoms. The highest BCUT2D eigenvalue weighted by molar-refractivity contribution is 7.11. The molecule has 0 saturated heterocycles. The van der Waals surface area contributed by atoms with Crippen LogP contribution in [0.15, 0.2) is 24.5 Å². The third-order valence-corrected chi connectivity index (χ3v) is 3.78. The van der Waals surface area contributed by atoms with Crippen LogP contribution in [0.5, 0.6) is 0 Å². The maximum atomic E-state index is 4.34. The molecule has 2 aromatic heterocycles. The summed E-state index contributed by atoms with van der Waals surface area (Å²) in [5, 5.41) is 3.35. The van der Waals surface area contributed by atoms with Crippen LogP contribution in [0.1, 0.15) is 29.4 Å². The van der Waals surface area contributed by atoms with Gasteiger partial charge < -0.3 is 9.88 Å². The molecule has 0 atom stereocenters. The predicted molar refractivity (Wildman–Crippen MR) is 72.4 cm³/mol. The fourth-order valence-electron chi connectivity index (χ4n) is 1.82. The van der Waals surface area contributed by atoms with Crippen molar-refractivity contribution in [2.45, 2.75) is 33.4 Å². The van der Waals surface area contributed by atoms with Crippen LogP contribution in [0.4, 0.5) is 0 Å². The molecule has 2 heterocycles. The molecule has 0 bridgehead atoms.